The topological polar surface area (TPSA) is 119 Å². The second kappa shape index (κ2) is 13.4. The van der Waals surface area contributed by atoms with Crippen molar-refractivity contribution < 1.29 is 23.9 Å². The average molecular weight is 561 g/mol. The largest absolute Gasteiger partial charge is 0.457 e. The predicted molar refractivity (Wildman–Crippen MR) is 150 cm³/mol. The zero-order valence-corrected chi connectivity index (χ0v) is 23.3. The van der Waals surface area contributed by atoms with Gasteiger partial charge in [0.1, 0.15) is 24.2 Å². The highest BCUT2D eigenvalue weighted by Gasteiger charge is 2.33. The number of likely N-dealkylation sites (tertiary alicyclic amines) is 1. The summed E-state index contributed by atoms with van der Waals surface area (Å²) < 4.78 is 14.1. The van der Waals surface area contributed by atoms with Gasteiger partial charge in [-0.2, -0.15) is 5.10 Å². The number of rotatable bonds is 5. The van der Waals surface area contributed by atoms with Crippen molar-refractivity contribution >= 4 is 17.7 Å². The number of nitrogens with one attached hydrogen (secondary N) is 1. The van der Waals surface area contributed by atoms with Gasteiger partial charge in [0.05, 0.1) is 31.7 Å². The summed E-state index contributed by atoms with van der Waals surface area (Å²) in [4.78, 5) is 46.6. The van der Waals surface area contributed by atoms with Crippen molar-refractivity contribution in [1.29, 1.82) is 0 Å². The number of hydrogen-bond acceptors (Lipinski definition) is 7. The summed E-state index contributed by atoms with van der Waals surface area (Å²) in [5.74, 6) is 0.912. The summed E-state index contributed by atoms with van der Waals surface area (Å²) in [6.45, 7) is 4.01. The van der Waals surface area contributed by atoms with Gasteiger partial charge >= 0.3 is 0 Å². The van der Waals surface area contributed by atoms with Crippen LogP contribution in [0.1, 0.15) is 37.3 Å². The lowest BCUT2D eigenvalue weighted by molar-refractivity contribution is -0.139. The lowest BCUT2D eigenvalue weighted by Gasteiger charge is -2.39. The molecular weight excluding hydrogens is 524 g/mol. The molecule has 41 heavy (non-hydrogen) atoms. The van der Waals surface area contributed by atoms with Gasteiger partial charge in [0.25, 0.3) is 0 Å². The van der Waals surface area contributed by atoms with E-state index in [-0.39, 0.29) is 36.8 Å². The summed E-state index contributed by atoms with van der Waals surface area (Å²) in [7, 11) is 0. The fraction of sp³-hybridized carbons (Fsp3) is 0.433. The fourth-order valence-electron chi connectivity index (χ4n) is 5.24. The van der Waals surface area contributed by atoms with E-state index in [0.29, 0.717) is 63.5 Å². The molecule has 0 spiro atoms. The SMILES string of the molecule is CCN1CC(=O)N[C@H]2CN(C(=O)CCCn3cncn3)CC[C@@H]2OCc2cccc(c2)Oc2cccc(c2)CC1=O. The normalized spacial score (nSPS) is 20.0. The van der Waals surface area contributed by atoms with Gasteiger partial charge in [-0.3, -0.25) is 19.1 Å². The Labute approximate surface area is 239 Å². The molecule has 2 aliphatic rings. The summed E-state index contributed by atoms with van der Waals surface area (Å²) in [6, 6.07) is 14.7. The number of piperidine rings is 1. The van der Waals surface area contributed by atoms with Gasteiger partial charge in [0.15, 0.2) is 0 Å². The first-order chi connectivity index (χ1) is 20.0. The van der Waals surface area contributed by atoms with E-state index in [1.54, 1.807) is 15.9 Å². The van der Waals surface area contributed by atoms with Crippen LogP contribution in [0.5, 0.6) is 11.5 Å². The molecule has 1 N–H and O–H groups in total. The lowest BCUT2D eigenvalue weighted by Crippen LogP contribution is -2.58. The van der Waals surface area contributed by atoms with E-state index in [4.69, 9.17) is 9.47 Å². The van der Waals surface area contributed by atoms with Crippen LogP contribution in [-0.2, 0) is 38.7 Å². The number of fused-ring (bicyclic) bond motifs is 5. The lowest BCUT2D eigenvalue weighted by atomic mass is 10.0. The van der Waals surface area contributed by atoms with Gasteiger partial charge in [-0.1, -0.05) is 24.3 Å². The van der Waals surface area contributed by atoms with Gasteiger partial charge in [-0.25, -0.2) is 4.98 Å². The smallest absolute Gasteiger partial charge is 0.239 e. The standard InChI is InChI=1S/C30H36N6O5/c1-2-34-18-28(37)33-26-17-35(29(38)10-5-12-36-21-31-20-32-36)13-11-27(26)40-19-23-7-4-9-25(15-23)41-24-8-3-6-22(14-24)16-30(34)39/h3-4,6-9,14-15,20-21,26-27H,2,5,10-13,16-19H2,1H3,(H,33,37)/t26-,27-/m0/s1. The molecule has 0 aliphatic carbocycles. The van der Waals surface area contributed by atoms with E-state index in [2.05, 4.69) is 15.4 Å². The zero-order valence-electron chi connectivity index (χ0n) is 23.3. The van der Waals surface area contributed by atoms with E-state index in [1.165, 1.54) is 11.2 Å². The van der Waals surface area contributed by atoms with Crippen LogP contribution < -0.4 is 10.1 Å². The van der Waals surface area contributed by atoms with Crippen LogP contribution in [0, 0.1) is 0 Å². The molecule has 5 rings (SSSR count). The molecule has 3 heterocycles. The van der Waals surface area contributed by atoms with Gasteiger partial charge in [-0.15, -0.1) is 0 Å². The van der Waals surface area contributed by atoms with Crippen molar-refractivity contribution in [2.75, 3.05) is 26.2 Å². The summed E-state index contributed by atoms with van der Waals surface area (Å²) in [6.07, 6.45) is 4.57. The third-order valence-corrected chi connectivity index (χ3v) is 7.41. The maximum atomic E-state index is 13.2. The Bertz CT molecular complexity index is 1350. The van der Waals surface area contributed by atoms with Crippen molar-refractivity contribution in [3.8, 4) is 11.5 Å². The molecule has 4 bridgehead atoms. The Kier molecular flexibility index (Phi) is 9.25. The number of carbonyl (C=O) groups is 3. The van der Waals surface area contributed by atoms with E-state index in [0.717, 1.165) is 11.1 Å². The number of benzene rings is 2. The number of amides is 3. The van der Waals surface area contributed by atoms with Gasteiger partial charge in [0.2, 0.25) is 17.7 Å². The third kappa shape index (κ3) is 7.69. The van der Waals surface area contributed by atoms with E-state index >= 15 is 0 Å². The van der Waals surface area contributed by atoms with Crippen LogP contribution in [0.2, 0.25) is 0 Å². The number of likely N-dealkylation sites (N-methyl/N-ethyl adjacent to an activating group) is 1. The number of aryl methyl sites for hydroxylation is 1. The molecule has 2 aromatic carbocycles. The molecule has 0 unspecified atom stereocenters. The van der Waals surface area contributed by atoms with Gasteiger partial charge in [0, 0.05) is 32.6 Å². The van der Waals surface area contributed by atoms with Crippen LogP contribution in [0.15, 0.2) is 61.2 Å². The molecule has 0 saturated carbocycles. The third-order valence-electron chi connectivity index (χ3n) is 7.41. The highest BCUT2D eigenvalue weighted by atomic mass is 16.5. The molecule has 2 aliphatic heterocycles. The average Bonchev–Trinajstić information content (AvgIpc) is 3.48. The fourth-order valence-corrected chi connectivity index (χ4v) is 5.24. The van der Waals surface area contributed by atoms with Crippen LogP contribution in [0.25, 0.3) is 0 Å². The molecule has 3 aromatic rings. The van der Waals surface area contributed by atoms with Crippen molar-refractivity contribution in [1.82, 2.24) is 29.9 Å². The minimum absolute atomic E-state index is 0.0261. The molecule has 1 fully saturated rings. The second-order valence-corrected chi connectivity index (χ2v) is 10.4. The van der Waals surface area contributed by atoms with E-state index in [9.17, 15) is 14.4 Å². The number of ether oxygens (including phenoxy) is 2. The van der Waals surface area contributed by atoms with Crippen LogP contribution in [0.3, 0.4) is 0 Å². The Balaban J connectivity index is 1.31. The Hall–Kier alpha value is -4.25. The Morgan fingerprint density at radius 1 is 1.10 bits per heavy atom. The number of nitrogens with zero attached hydrogens (tertiary/aromatic N) is 5. The minimum Gasteiger partial charge on any atom is -0.457 e. The molecule has 1 saturated heterocycles. The highest BCUT2D eigenvalue weighted by molar-refractivity contribution is 5.86. The minimum atomic E-state index is -0.408. The van der Waals surface area contributed by atoms with Gasteiger partial charge in [-0.05, 0) is 55.2 Å². The van der Waals surface area contributed by atoms with E-state index < -0.39 is 6.04 Å². The summed E-state index contributed by atoms with van der Waals surface area (Å²) in [5, 5.41) is 7.16. The van der Waals surface area contributed by atoms with Crippen molar-refractivity contribution in [2.24, 2.45) is 0 Å². The van der Waals surface area contributed by atoms with Crippen LogP contribution in [0.4, 0.5) is 0 Å². The van der Waals surface area contributed by atoms with E-state index in [1.807, 2.05) is 55.5 Å². The first kappa shape index (κ1) is 28.3. The predicted octanol–water partition coefficient (Wildman–Crippen LogP) is 2.56. The molecule has 216 valence electrons. The second-order valence-electron chi connectivity index (χ2n) is 10.4. The van der Waals surface area contributed by atoms with Gasteiger partial charge < -0.3 is 24.6 Å². The molecular formula is C30H36N6O5. The highest BCUT2D eigenvalue weighted by Crippen LogP contribution is 2.25. The molecule has 2 atom stereocenters. The Morgan fingerprint density at radius 3 is 2.63 bits per heavy atom. The van der Waals surface area contributed by atoms with Crippen molar-refractivity contribution in [3.63, 3.8) is 0 Å². The Morgan fingerprint density at radius 2 is 1.88 bits per heavy atom. The van der Waals surface area contributed by atoms with Crippen molar-refractivity contribution in [2.45, 2.75) is 57.9 Å². The number of aromatic nitrogens is 3. The quantitative estimate of drug-likeness (QED) is 0.510. The molecule has 3 amide bonds. The molecule has 11 heteroatoms. The first-order valence-electron chi connectivity index (χ1n) is 14.1. The monoisotopic (exact) mass is 560 g/mol. The van der Waals surface area contributed by atoms with Crippen LogP contribution >= 0.6 is 0 Å². The molecule has 0 radical (unpaired) electrons. The summed E-state index contributed by atoms with van der Waals surface area (Å²) in [5.41, 5.74) is 1.74. The zero-order chi connectivity index (χ0) is 28.6. The van der Waals surface area contributed by atoms with Crippen LogP contribution in [-0.4, -0.2) is 80.6 Å². The molecule has 1 aromatic heterocycles. The summed E-state index contributed by atoms with van der Waals surface area (Å²) >= 11 is 0. The maximum absolute atomic E-state index is 13.2. The maximum Gasteiger partial charge on any atom is 0.239 e. The van der Waals surface area contributed by atoms with Crippen molar-refractivity contribution in [3.05, 3.63) is 72.3 Å². The number of hydrogen-bond donors (Lipinski definition) is 1. The molecule has 11 nitrogen and oxygen atoms in total. The number of carbonyl (C=O) groups excluding carboxylic acids is 3. The first-order valence-corrected chi connectivity index (χ1v) is 14.1.